The van der Waals surface area contributed by atoms with Gasteiger partial charge in [-0.2, -0.15) is 5.26 Å². The highest BCUT2D eigenvalue weighted by Crippen LogP contribution is 2.30. The van der Waals surface area contributed by atoms with Gasteiger partial charge in [0.1, 0.15) is 6.07 Å². The van der Waals surface area contributed by atoms with Gasteiger partial charge in [0, 0.05) is 14.3 Å². The van der Waals surface area contributed by atoms with Gasteiger partial charge in [-0.3, -0.25) is 0 Å². The van der Waals surface area contributed by atoms with E-state index in [2.05, 4.69) is 15.9 Å². The summed E-state index contributed by atoms with van der Waals surface area (Å²) in [5.74, 6) is -0.465. The number of nitriles is 1. The number of carbonyl (C=O) groups is 1. The lowest BCUT2D eigenvalue weighted by Gasteiger charge is -2.07. The summed E-state index contributed by atoms with van der Waals surface area (Å²) in [5, 5.41) is 9.08. The molecule has 0 amide bonds. The molecule has 0 bridgehead atoms. The third-order valence-electron chi connectivity index (χ3n) is 2.66. The van der Waals surface area contributed by atoms with Crippen LogP contribution in [0.25, 0.3) is 0 Å². The van der Waals surface area contributed by atoms with Crippen LogP contribution in [0, 0.1) is 11.3 Å². The lowest BCUT2D eigenvalue weighted by Crippen LogP contribution is -2.07. The fourth-order valence-electron chi connectivity index (χ4n) is 1.70. The predicted octanol–water partition coefficient (Wildman–Crippen LogP) is 4.65. The molecule has 2 aromatic rings. The van der Waals surface area contributed by atoms with Gasteiger partial charge in [0.15, 0.2) is 0 Å². The molecule has 2 rings (SSSR count). The average molecular weight is 362 g/mol. The minimum atomic E-state index is -0.465. The van der Waals surface area contributed by atoms with Crippen molar-refractivity contribution in [3.05, 3.63) is 58.1 Å². The molecule has 0 aliphatic rings. The number of hydrogen-bond donors (Lipinski definition) is 0. The summed E-state index contributed by atoms with van der Waals surface area (Å²) in [4.78, 5) is 13.8. The SMILES string of the molecule is CCOC(=O)c1cc(Sc2ccc(Br)cc2)ccc1C#N. The molecule has 0 saturated carbocycles. The Labute approximate surface area is 136 Å². The van der Waals surface area contributed by atoms with Crippen LogP contribution in [-0.2, 0) is 4.74 Å². The summed E-state index contributed by atoms with van der Waals surface area (Å²) in [6.07, 6.45) is 0. The molecule has 0 heterocycles. The van der Waals surface area contributed by atoms with E-state index in [1.807, 2.05) is 36.4 Å². The predicted molar refractivity (Wildman–Crippen MR) is 85.4 cm³/mol. The first kappa shape index (κ1) is 15.6. The minimum absolute atomic E-state index is 0.286. The largest absolute Gasteiger partial charge is 0.462 e. The average Bonchev–Trinajstić information content (AvgIpc) is 2.50. The molecule has 106 valence electrons. The Balaban J connectivity index is 2.29. The number of esters is 1. The monoisotopic (exact) mass is 361 g/mol. The molecule has 0 radical (unpaired) electrons. The van der Waals surface area contributed by atoms with Crippen molar-refractivity contribution in [3.8, 4) is 6.07 Å². The lowest BCUT2D eigenvalue weighted by atomic mass is 10.1. The molecule has 0 aliphatic carbocycles. The third kappa shape index (κ3) is 4.10. The smallest absolute Gasteiger partial charge is 0.339 e. The molecule has 0 N–H and O–H groups in total. The van der Waals surface area contributed by atoms with Gasteiger partial charge in [-0.25, -0.2) is 4.79 Å². The maximum Gasteiger partial charge on any atom is 0.339 e. The van der Waals surface area contributed by atoms with E-state index in [9.17, 15) is 4.79 Å². The quantitative estimate of drug-likeness (QED) is 0.743. The van der Waals surface area contributed by atoms with E-state index in [4.69, 9.17) is 10.00 Å². The Hall–Kier alpha value is -1.77. The van der Waals surface area contributed by atoms with Crippen molar-refractivity contribution in [2.45, 2.75) is 16.7 Å². The molecule has 0 aromatic heterocycles. The summed E-state index contributed by atoms with van der Waals surface area (Å²) in [6.45, 7) is 2.03. The molecule has 21 heavy (non-hydrogen) atoms. The summed E-state index contributed by atoms with van der Waals surface area (Å²) >= 11 is 4.92. The molecular formula is C16H12BrNO2S. The van der Waals surface area contributed by atoms with Crippen molar-refractivity contribution in [2.75, 3.05) is 6.61 Å². The van der Waals surface area contributed by atoms with Gasteiger partial charge in [-0.15, -0.1) is 0 Å². The number of halogens is 1. The first-order valence-electron chi connectivity index (χ1n) is 6.28. The Bertz CT molecular complexity index is 692. The number of nitrogens with zero attached hydrogens (tertiary/aromatic N) is 1. The zero-order chi connectivity index (χ0) is 15.2. The first-order valence-corrected chi connectivity index (χ1v) is 7.89. The van der Waals surface area contributed by atoms with Gasteiger partial charge in [-0.1, -0.05) is 27.7 Å². The summed E-state index contributed by atoms with van der Waals surface area (Å²) in [5.41, 5.74) is 0.634. The van der Waals surface area contributed by atoms with E-state index in [-0.39, 0.29) is 6.61 Å². The van der Waals surface area contributed by atoms with Crippen LogP contribution in [0.15, 0.2) is 56.7 Å². The van der Waals surface area contributed by atoms with E-state index in [1.165, 1.54) is 11.8 Å². The topological polar surface area (TPSA) is 50.1 Å². The zero-order valence-electron chi connectivity index (χ0n) is 11.3. The standard InChI is InChI=1S/C16H12BrNO2S/c1-2-20-16(19)15-9-14(6-3-11(15)10-18)21-13-7-4-12(17)5-8-13/h3-9H,2H2,1H3. The maximum absolute atomic E-state index is 11.9. The Morgan fingerprint density at radius 2 is 1.90 bits per heavy atom. The highest BCUT2D eigenvalue weighted by atomic mass is 79.9. The third-order valence-corrected chi connectivity index (χ3v) is 4.18. The van der Waals surface area contributed by atoms with Crippen molar-refractivity contribution in [1.82, 2.24) is 0 Å². The molecule has 3 nitrogen and oxygen atoms in total. The van der Waals surface area contributed by atoms with Gasteiger partial charge in [0.2, 0.25) is 0 Å². The van der Waals surface area contributed by atoms with Crippen LogP contribution in [0.2, 0.25) is 0 Å². The second kappa shape index (κ2) is 7.30. The van der Waals surface area contributed by atoms with E-state index in [1.54, 1.807) is 19.1 Å². The van der Waals surface area contributed by atoms with Gasteiger partial charge in [-0.05, 0) is 49.4 Å². The van der Waals surface area contributed by atoms with E-state index in [0.29, 0.717) is 11.1 Å². The summed E-state index contributed by atoms with van der Waals surface area (Å²) < 4.78 is 6.00. The van der Waals surface area contributed by atoms with Crippen LogP contribution in [0.4, 0.5) is 0 Å². The van der Waals surface area contributed by atoms with Gasteiger partial charge >= 0.3 is 5.97 Å². The molecular weight excluding hydrogens is 350 g/mol. The van der Waals surface area contributed by atoms with E-state index in [0.717, 1.165) is 14.3 Å². The Morgan fingerprint density at radius 3 is 2.52 bits per heavy atom. The second-order valence-corrected chi connectivity index (χ2v) is 6.16. The van der Waals surface area contributed by atoms with Crippen LogP contribution in [-0.4, -0.2) is 12.6 Å². The van der Waals surface area contributed by atoms with Crippen LogP contribution in [0.3, 0.4) is 0 Å². The van der Waals surface area contributed by atoms with Gasteiger partial charge in [0.25, 0.3) is 0 Å². The molecule has 0 atom stereocenters. The van der Waals surface area contributed by atoms with Crippen LogP contribution in [0.5, 0.6) is 0 Å². The highest BCUT2D eigenvalue weighted by Gasteiger charge is 2.13. The molecule has 0 spiro atoms. The molecule has 0 fully saturated rings. The molecule has 0 aliphatic heterocycles. The fourth-order valence-corrected chi connectivity index (χ4v) is 2.82. The maximum atomic E-state index is 11.9. The molecule has 5 heteroatoms. The van der Waals surface area contributed by atoms with Crippen molar-refractivity contribution in [2.24, 2.45) is 0 Å². The van der Waals surface area contributed by atoms with Crippen molar-refractivity contribution >= 4 is 33.7 Å². The van der Waals surface area contributed by atoms with E-state index >= 15 is 0 Å². The molecule has 2 aromatic carbocycles. The number of benzene rings is 2. The molecule has 0 saturated heterocycles. The number of carbonyl (C=O) groups excluding carboxylic acids is 1. The summed E-state index contributed by atoms with van der Waals surface area (Å²) in [6, 6.07) is 15.1. The minimum Gasteiger partial charge on any atom is -0.462 e. The Kier molecular flexibility index (Phi) is 5.43. The second-order valence-electron chi connectivity index (χ2n) is 4.10. The van der Waals surface area contributed by atoms with Gasteiger partial charge < -0.3 is 4.74 Å². The molecule has 0 unspecified atom stereocenters. The normalized spacial score (nSPS) is 9.95. The van der Waals surface area contributed by atoms with Crippen LogP contribution < -0.4 is 0 Å². The van der Waals surface area contributed by atoms with E-state index < -0.39 is 5.97 Å². The van der Waals surface area contributed by atoms with Crippen molar-refractivity contribution in [3.63, 3.8) is 0 Å². The number of ether oxygens (including phenoxy) is 1. The number of hydrogen-bond acceptors (Lipinski definition) is 4. The fraction of sp³-hybridized carbons (Fsp3) is 0.125. The Morgan fingerprint density at radius 1 is 1.24 bits per heavy atom. The van der Waals surface area contributed by atoms with Crippen molar-refractivity contribution < 1.29 is 9.53 Å². The number of rotatable bonds is 4. The van der Waals surface area contributed by atoms with Crippen molar-refractivity contribution in [1.29, 1.82) is 5.26 Å². The van der Waals surface area contributed by atoms with Crippen LogP contribution in [0.1, 0.15) is 22.8 Å². The first-order chi connectivity index (χ1) is 10.1. The van der Waals surface area contributed by atoms with Gasteiger partial charge in [0.05, 0.1) is 17.7 Å². The highest BCUT2D eigenvalue weighted by molar-refractivity contribution is 9.10. The zero-order valence-corrected chi connectivity index (χ0v) is 13.7. The van der Waals surface area contributed by atoms with Crippen LogP contribution >= 0.6 is 27.7 Å². The lowest BCUT2D eigenvalue weighted by molar-refractivity contribution is 0.0525. The summed E-state index contributed by atoms with van der Waals surface area (Å²) in [7, 11) is 0.